The molecule has 0 aromatic rings. The van der Waals surface area contributed by atoms with Crippen molar-refractivity contribution in [2.75, 3.05) is 6.54 Å². The van der Waals surface area contributed by atoms with E-state index in [1.165, 1.54) is 11.2 Å². The van der Waals surface area contributed by atoms with Gasteiger partial charge < -0.3 is 10.7 Å². The molecule has 0 bridgehead atoms. The van der Waals surface area contributed by atoms with E-state index in [9.17, 15) is 0 Å². The fraction of sp³-hybridized carbons (Fsp3) is 0.500. The second-order valence-electron chi connectivity index (χ2n) is 1.17. The molecule has 0 fully saturated rings. The quantitative estimate of drug-likeness (QED) is 0.368. The molecule has 3 nitrogen and oxygen atoms in total. The minimum atomic E-state index is 0.785. The molecule has 7 heavy (non-hydrogen) atoms. The molecule has 3 heteroatoms. The first kappa shape index (κ1) is 6.30. The van der Waals surface area contributed by atoms with Gasteiger partial charge in [0.05, 0.1) is 0 Å². The Balaban J connectivity index is 3.16. The van der Waals surface area contributed by atoms with Crippen LogP contribution in [0.3, 0.4) is 0 Å². The molecule has 42 valence electrons. The van der Waals surface area contributed by atoms with Crippen molar-refractivity contribution in [3.8, 4) is 0 Å². The molecule has 0 heterocycles. The molecule has 0 rings (SSSR count). The number of hydrazine groups is 1. The van der Waals surface area contributed by atoms with E-state index in [2.05, 4.69) is 0 Å². The summed E-state index contributed by atoms with van der Waals surface area (Å²) in [5, 5.41) is 1.50. The molecule has 0 aliphatic carbocycles. The van der Waals surface area contributed by atoms with E-state index in [0.29, 0.717) is 0 Å². The predicted octanol–water partition coefficient (Wildman–Crippen LogP) is -0.388. The molecular formula is C4H11N3. The second kappa shape index (κ2) is 3.49. The van der Waals surface area contributed by atoms with Crippen molar-refractivity contribution >= 4 is 0 Å². The highest BCUT2D eigenvalue weighted by Crippen LogP contribution is 1.71. The van der Waals surface area contributed by atoms with Gasteiger partial charge in [-0.05, 0) is 6.92 Å². The highest BCUT2D eigenvalue weighted by Gasteiger charge is 1.77. The van der Waals surface area contributed by atoms with Gasteiger partial charge in [0.1, 0.15) is 0 Å². The van der Waals surface area contributed by atoms with E-state index >= 15 is 0 Å². The largest absolute Gasteiger partial charge is 0.403 e. The van der Waals surface area contributed by atoms with Gasteiger partial charge in [0, 0.05) is 18.9 Å². The first-order chi connectivity index (χ1) is 3.31. The second-order valence-corrected chi connectivity index (χ2v) is 1.17. The Kier molecular flexibility index (Phi) is 3.14. The highest BCUT2D eigenvalue weighted by atomic mass is 15.4. The fourth-order valence-electron chi connectivity index (χ4n) is 0.216. The standard InChI is InChI=1S/C4H11N3/c1-2-7(6)4-3-5/h3-4H,2,5-6H2,1H3/b4-3-. The smallest absolute Gasteiger partial charge is 0.0310 e. The van der Waals surface area contributed by atoms with Crippen LogP contribution in [0.2, 0.25) is 0 Å². The number of rotatable bonds is 2. The summed E-state index contributed by atoms with van der Waals surface area (Å²) in [6.45, 7) is 2.73. The molecular weight excluding hydrogens is 90.1 g/mol. The van der Waals surface area contributed by atoms with Crippen molar-refractivity contribution in [2.24, 2.45) is 11.6 Å². The van der Waals surface area contributed by atoms with Crippen LogP contribution in [0.25, 0.3) is 0 Å². The predicted molar refractivity (Wildman–Crippen MR) is 29.9 cm³/mol. The summed E-state index contributed by atoms with van der Waals surface area (Å²) >= 11 is 0. The van der Waals surface area contributed by atoms with Crippen molar-refractivity contribution in [1.82, 2.24) is 5.01 Å². The Morgan fingerprint density at radius 2 is 2.29 bits per heavy atom. The lowest BCUT2D eigenvalue weighted by Crippen LogP contribution is -2.24. The maximum atomic E-state index is 5.25. The van der Waals surface area contributed by atoms with Crippen LogP contribution >= 0.6 is 0 Å². The molecule has 0 aliphatic rings. The van der Waals surface area contributed by atoms with Gasteiger partial charge in [-0.25, -0.2) is 5.84 Å². The highest BCUT2D eigenvalue weighted by molar-refractivity contribution is 4.71. The Morgan fingerprint density at radius 3 is 2.43 bits per heavy atom. The molecule has 0 amide bonds. The van der Waals surface area contributed by atoms with Crippen LogP contribution < -0.4 is 11.6 Å². The van der Waals surface area contributed by atoms with Crippen molar-refractivity contribution in [3.63, 3.8) is 0 Å². The maximum Gasteiger partial charge on any atom is 0.0310 e. The first-order valence-electron chi connectivity index (χ1n) is 2.21. The van der Waals surface area contributed by atoms with Crippen LogP contribution in [-0.4, -0.2) is 11.6 Å². The number of hydrogen-bond acceptors (Lipinski definition) is 3. The van der Waals surface area contributed by atoms with Gasteiger partial charge in [0.25, 0.3) is 0 Å². The van der Waals surface area contributed by atoms with E-state index in [1.54, 1.807) is 6.20 Å². The lowest BCUT2D eigenvalue weighted by atomic mass is 10.7. The van der Waals surface area contributed by atoms with Gasteiger partial charge in [-0.3, -0.25) is 0 Å². The van der Waals surface area contributed by atoms with Crippen LogP contribution in [0.15, 0.2) is 12.4 Å². The Morgan fingerprint density at radius 1 is 1.71 bits per heavy atom. The molecule has 0 aromatic heterocycles. The Labute approximate surface area is 43.6 Å². The van der Waals surface area contributed by atoms with Gasteiger partial charge in [0.15, 0.2) is 0 Å². The van der Waals surface area contributed by atoms with Crippen LogP contribution in [0.5, 0.6) is 0 Å². The van der Waals surface area contributed by atoms with E-state index in [-0.39, 0.29) is 0 Å². The summed E-state index contributed by atoms with van der Waals surface area (Å²) in [7, 11) is 0. The maximum absolute atomic E-state index is 5.25. The molecule has 0 spiro atoms. The summed E-state index contributed by atoms with van der Waals surface area (Å²) in [6.07, 6.45) is 3.02. The monoisotopic (exact) mass is 101 g/mol. The zero-order valence-electron chi connectivity index (χ0n) is 4.46. The lowest BCUT2D eigenvalue weighted by Gasteiger charge is -2.06. The van der Waals surface area contributed by atoms with Gasteiger partial charge in [-0.1, -0.05) is 0 Å². The van der Waals surface area contributed by atoms with Crippen molar-refractivity contribution < 1.29 is 0 Å². The Bertz CT molecular complexity index is 60.0. The Hall–Kier alpha value is -0.700. The third-order valence-electron chi connectivity index (χ3n) is 0.643. The lowest BCUT2D eigenvalue weighted by molar-refractivity contribution is 0.416. The van der Waals surface area contributed by atoms with Gasteiger partial charge in [-0.15, -0.1) is 0 Å². The topological polar surface area (TPSA) is 55.3 Å². The average Bonchev–Trinajstić information content (AvgIpc) is 1.68. The summed E-state index contributed by atoms with van der Waals surface area (Å²) in [5.41, 5.74) is 5.00. The van der Waals surface area contributed by atoms with Crippen molar-refractivity contribution in [3.05, 3.63) is 12.4 Å². The van der Waals surface area contributed by atoms with Crippen molar-refractivity contribution in [1.29, 1.82) is 0 Å². The molecule has 4 N–H and O–H groups in total. The third-order valence-corrected chi connectivity index (χ3v) is 0.643. The van der Waals surface area contributed by atoms with Crippen LogP contribution in [-0.2, 0) is 0 Å². The van der Waals surface area contributed by atoms with E-state index in [1.807, 2.05) is 6.92 Å². The molecule has 0 aromatic carbocycles. The molecule has 0 unspecified atom stereocenters. The molecule has 0 saturated carbocycles. The van der Waals surface area contributed by atoms with Gasteiger partial charge in [-0.2, -0.15) is 0 Å². The number of hydrogen-bond donors (Lipinski definition) is 2. The minimum Gasteiger partial charge on any atom is -0.403 e. The normalized spacial score (nSPS) is 10.0. The van der Waals surface area contributed by atoms with Crippen LogP contribution in [0, 0.1) is 0 Å². The van der Waals surface area contributed by atoms with Crippen molar-refractivity contribution in [2.45, 2.75) is 6.92 Å². The van der Waals surface area contributed by atoms with E-state index < -0.39 is 0 Å². The summed E-state index contributed by atoms with van der Waals surface area (Å²) in [5.74, 6) is 5.25. The van der Waals surface area contributed by atoms with Gasteiger partial charge in [0.2, 0.25) is 0 Å². The average molecular weight is 101 g/mol. The summed E-state index contributed by atoms with van der Waals surface area (Å²) in [6, 6.07) is 0. The van der Waals surface area contributed by atoms with E-state index in [0.717, 1.165) is 6.54 Å². The zero-order valence-corrected chi connectivity index (χ0v) is 4.46. The summed E-state index contributed by atoms with van der Waals surface area (Å²) < 4.78 is 0. The third kappa shape index (κ3) is 3.12. The number of nitrogens with zero attached hydrogens (tertiary/aromatic N) is 1. The zero-order chi connectivity index (χ0) is 5.70. The SMILES string of the molecule is CCN(N)/C=C\N. The minimum absolute atomic E-state index is 0.785. The van der Waals surface area contributed by atoms with Crippen LogP contribution in [0.4, 0.5) is 0 Å². The molecule has 0 atom stereocenters. The molecule has 0 aliphatic heterocycles. The van der Waals surface area contributed by atoms with E-state index in [4.69, 9.17) is 11.6 Å². The fourth-order valence-corrected chi connectivity index (χ4v) is 0.216. The molecule has 0 radical (unpaired) electrons. The van der Waals surface area contributed by atoms with Gasteiger partial charge >= 0.3 is 0 Å². The molecule has 0 saturated heterocycles. The summed E-state index contributed by atoms with van der Waals surface area (Å²) in [4.78, 5) is 0. The first-order valence-corrected chi connectivity index (χ1v) is 2.21. The van der Waals surface area contributed by atoms with Crippen LogP contribution in [0.1, 0.15) is 6.92 Å². The number of nitrogens with two attached hydrogens (primary N) is 2.